The molecule has 0 saturated carbocycles. The van der Waals surface area contributed by atoms with E-state index in [0.717, 1.165) is 11.9 Å². The lowest BCUT2D eigenvalue weighted by Crippen LogP contribution is -2.27. The Balaban J connectivity index is 2.04. The van der Waals surface area contributed by atoms with Gasteiger partial charge in [-0.25, -0.2) is 17.9 Å². The molecule has 20 heavy (non-hydrogen) atoms. The summed E-state index contributed by atoms with van der Waals surface area (Å²) in [7, 11) is -2.18. The molecule has 0 aromatic carbocycles. The fourth-order valence-electron chi connectivity index (χ4n) is 1.61. The molecule has 0 saturated heterocycles. The summed E-state index contributed by atoms with van der Waals surface area (Å²) < 4.78 is 27.8. The molecule has 0 aliphatic rings. The van der Waals surface area contributed by atoms with Crippen LogP contribution in [-0.4, -0.2) is 46.0 Å². The van der Waals surface area contributed by atoms with E-state index in [1.54, 1.807) is 24.0 Å². The van der Waals surface area contributed by atoms with Crippen LogP contribution >= 0.6 is 0 Å². The standard InChI is InChI=1S/C10H13N5O4S/c1-15-5-3-7(14-15)2-4-12-20(18,19)9-8(10(16)17)6-11-13-9/h3,5-6,12H,2,4H2,1H3,(H,11,13)(H,16,17). The van der Waals surface area contributed by atoms with E-state index >= 15 is 0 Å². The summed E-state index contributed by atoms with van der Waals surface area (Å²) in [5.74, 6) is -1.36. The Bertz CT molecular complexity index is 718. The highest BCUT2D eigenvalue weighted by atomic mass is 32.2. The van der Waals surface area contributed by atoms with Crippen molar-refractivity contribution in [1.82, 2.24) is 24.7 Å². The molecule has 0 radical (unpaired) electrons. The zero-order valence-corrected chi connectivity index (χ0v) is 11.4. The Kier molecular flexibility index (Phi) is 3.86. The minimum atomic E-state index is -3.94. The third-order valence-corrected chi connectivity index (χ3v) is 3.98. The van der Waals surface area contributed by atoms with Gasteiger partial charge >= 0.3 is 5.97 Å². The van der Waals surface area contributed by atoms with Crippen molar-refractivity contribution >= 4 is 16.0 Å². The number of aryl methyl sites for hydroxylation is 1. The van der Waals surface area contributed by atoms with Crippen molar-refractivity contribution in [3.63, 3.8) is 0 Å². The Hall–Kier alpha value is -2.20. The normalized spacial score (nSPS) is 11.7. The van der Waals surface area contributed by atoms with Gasteiger partial charge in [0.25, 0.3) is 10.0 Å². The van der Waals surface area contributed by atoms with Gasteiger partial charge in [0.1, 0.15) is 5.56 Å². The van der Waals surface area contributed by atoms with Crippen molar-refractivity contribution < 1.29 is 18.3 Å². The van der Waals surface area contributed by atoms with Crippen LogP contribution < -0.4 is 4.72 Å². The van der Waals surface area contributed by atoms with E-state index in [4.69, 9.17) is 5.11 Å². The monoisotopic (exact) mass is 299 g/mol. The number of rotatable bonds is 6. The zero-order chi connectivity index (χ0) is 14.8. The maximum Gasteiger partial charge on any atom is 0.340 e. The predicted octanol–water partition coefficient (Wildman–Crippen LogP) is -0.638. The van der Waals surface area contributed by atoms with Crippen molar-refractivity contribution in [3.05, 3.63) is 29.7 Å². The highest BCUT2D eigenvalue weighted by molar-refractivity contribution is 7.89. The number of carboxylic acids is 1. The number of carbonyl (C=O) groups is 1. The second-order valence-corrected chi connectivity index (χ2v) is 5.75. The van der Waals surface area contributed by atoms with Crippen LogP contribution in [0.25, 0.3) is 0 Å². The number of hydrogen-bond acceptors (Lipinski definition) is 5. The third kappa shape index (κ3) is 3.03. The van der Waals surface area contributed by atoms with Gasteiger partial charge in [0.05, 0.1) is 11.9 Å². The fourth-order valence-corrected chi connectivity index (χ4v) is 2.73. The Morgan fingerprint density at radius 2 is 2.30 bits per heavy atom. The molecule has 2 heterocycles. The largest absolute Gasteiger partial charge is 0.478 e. The van der Waals surface area contributed by atoms with E-state index in [0.29, 0.717) is 6.42 Å². The Morgan fingerprint density at radius 1 is 1.55 bits per heavy atom. The number of aromatic carboxylic acids is 1. The molecule has 2 rings (SSSR count). The van der Waals surface area contributed by atoms with Gasteiger partial charge in [0, 0.05) is 26.2 Å². The molecule has 0 aliphatic carbocycles. The first-order valence-corrected chi connectivity index (χ1v) is 7.13. The summed E-state index contributed by atoms with van der Waals surface area (Å²) in [6, 6.07) is 1.77. The van der Waals surface area contributed by atoms with Crippen LogP contribution in [-0.2, 0) is 23.5 Å². The Labute approximate surface area is 114 Å². The maximum atomic E-state index is 11.9. The quantitative estimate of drug-likeness (QED) is 0.650. The molecule has 10 heteroatoms. The summed E-state index contributed by atoms with van der Waals surface area (Å²) in [6.45, 7) is 0.109. The van der Waals surface area contributed by atoms with Gasteiger partial charge in [-0.2, -0.15) is 10.2 Å². The van der Waals surface area contributed by atoms with Gasteiger partial charge in [-0.15, -0.1) is 0 Å². The summed E-state index contributed by atoms with van der Waals surface area (Å²) in [6.07, 6.45) is 3.10. The molecule has 0 amide bonds. The molecule has 3 N–H and O–H groups in total. The molecular weight excluding hydrogens is 286 g/mol. The van der Waals surface area contributed by atoms with Crippen LogP contribution in [0.2, 0.25) is 0 Å². The predicted molar refractivity (Wildman–Crippen MR) is 67.6 cm³/mol. The van der Waals surface area contributed by atoms with Crippen LogP contribution in [0, 0.1) is 0 Å². The van der Waals surface area contributed by atoms with Gasteiger partial charge in [-0.1, -0.05) is 0 Å². The molecule has 0 atom stereocenters. The molecule has 0 unspecified atom stereocenters. The number of nitrogens with one attached hydrogen (secondary N) is 2. The smallest absolute Gasteiger partial charge is 0.340 e. The van der Waals surface area contributed by atoms with Gasteiger partial charge in [0.15, 0.2) is 5.03 Å². The SMILES string of the molecule is Cn1ccc(CCNS(=O)(=O)c2[nH]ncc2C(=O)O)n1. The van der Waals surface area contributed by atoms with Gasteiger partial charge in [-0.3, -0.25) is 9.78 Å². The van der Waals surface area contributed by atoms with Crippen molar-refractivity contribution in [1.29, 1.82) is 0 Å². The van der Waals surface area contributed by atoms with Crippen LogP contribution in [0.4, 0.5) is 0 Å². The van der Waals surface area contributed by atoms with E-state index in [9.17, 15) is 13.2 Å². The average molecular weight is 299 g/mol. The molecule has 0 aliphatic heterocycles. The van der Waals surface area contributed by atoms with Gasteiger partial charge < -0.3 is 5.11 Å². The lowest BCUT2D eigenvalue weighted by molar-refractivity contribution is 0.0692. The third-order valence-electron chi connectivity index (χ3n) is 2.55. The lowest BCUT2D eigenvalue weighted by atomic mass is 10.3. The van der Waals surface area contributed by atoms with E-state index in [2.05, 4.69) is 20.0 Å². The number of aromatic amines is 1. The van der Waals surface area contributed by atoms with Crippen LogP contribution in [0.1, 0.15) is 16.1 Å². The van der Waals surface area contributed by atoms with Crippen molar-refractivity contribution in [2.45, 2.75) is 11.4 Å². The minimum absolute atomic E-state index is 0.109. The number of nitrogens with zero attached hydrogens (tertiary/aromatic N) is 3. The molecule has 108 valence electrons. The van der Waals surface area contributed by atoms with Crippen LogP contribution in [0.5, 0.6) is 0 Å². The number of hydrogen-bond donors (Lipinski definition) is 3. The number of sulfonamides is 1. The molecule has 0 spiro atoms. The maximum absolute atomic E-state index is 11.9. The van der Waals surface area contributed by atoms with Gasteiger partial charge in [0.2, 0.25) is 0 Å². The highest BCUT2D eigenvalue weighted by Crippen LogP contribution is 2.11. The van der Waals surface area contributed by atoms with Crippen molar-refractivity contribution in [2.75, 3.05) is 6.54 Å². The second kappa shape index (κ2) is 5.43. The molecule has 0 fully saturated rings. The molecule has 2 aromatic heterocycles. The first kappa shape index (κ1) is 14.2. The van der Waals surface area contributed by atoms with Gasteiger partial charge in [-0.05, 0) is 6.07 Å². The average Bonchev–Trinajstić information content (AvgIpc) is 2.97. The molecular formula is C10H13N5O4S. The van der Waals surface area contributed by atoms with E-state index < -0.39 is 26.6 Å². The first-order valence-electron chi connectivity index (χ1n) is 5.65. The molecule has 2 aromatic rings. The van der Waals surface area contributed by atoms with Crippen LogP contribution in [0.15, 0.2) is 23.5 Å². The molecule has 9 nitrogen and oxygen atoms in total. The van der Waals surface area contributed by atoms with E-state index in [1.165, 1.54) is 0 Å². The summed E-state index contributed by atoms with van der Waals surface area (Å²) >= 11 is 0. The summed E-state index contributed by atoms with van der Waals surface area (Å²) in [5, 5.41) is 18.1. The zero-order valence-electron chi connectivity index (χ0n) is 10.6. The second-order valence-electron chi connectivity index (χ2n) is 4.05. The first-order chi connectivity index (χ1) is 9.40. The summed E-state index contributed by atoms with van der Waals surface area (Å²) in [5.41, 5.74) is 0.341. The van der Waals surface area contributed by atoms with Crippen molar-refractivity contribution in [2.24, 2.45) is 7.05 Å². The highest BCUT2D eigenvalue weighted by Gasteiger charge is 2.24. The van der Waals surface area contributed by atoms with Crippen LogP contribution in [0.3, 0.4) is 0 Å². The fraction of sp³-hybridized carbons (Fsp3) is 0.300. The number of aromatic nitrogens is 4. The van der Waals surface area contributed by atoms with E-state index in [-0.39, 0.29) is 6.54 Å². The van der Waals surface area contributed by atoms with E-state index in [1.807, 2.05) is 0 Å². The molecule has 0 bridgehead atoms. The lowest BCUT2D eigenvalue weighted by Gasteiger charge is -2.04. The number of H-pyrrole nitrogens is 1. The summed E-state index contributed by atoms with van der Waals surface area (Å²) in [4.78, 5) is 10.9. The van der Waals surface area contributed by atoms with Crippen molar-refractivity contribution in [3.8, 4) is 0 Å². The minimum Gasteiger partial charge on any atom is -0.478 e. The number of carboxylic acid groups (broad SMARTS) is 1. The Morgan fingerprint density at radius 3 is 2.90 bits per heavy atom. The topological polar surface area (TPSA) is 130 Å².